The Kier molecular flexibility index (Phi) is 4.35. The Bertz CT molecular complexity index is 1180. The molecule has 134 valence electrons. The van der Waals surface area contributed by atoms with E-state index in [9.17, 15) is 14.9 Å². The highest BCUT2D eigenvalue weighted by atomic mass is 35.5. The largest absolute Gasteiger partial charge is 0.451 e. The average Bonchev–Trinajstić information content (AvgIpc) is 3.29. The van der Waals surface area contributed by atoms with Crippen molar-refractivity contribution in [2.24, 2.45) is 0 Å². The summed E-state index contributed by atoms with van der Waals surface area (Å²) in [5, 5.41) is 14.7. The molecule has 0 spiro atoms. The Morgan fingerprint density at radius 1 is 1.15 bits per heavy atom. The summed E-state index contributed by atoms with van der Waals surface area (Å²) in [7, 11) is 0. The fourth-order valence-electron chi connectivity index (χ4n) is 2.57. The van der Waals surface area contributed by atoms with Crippen molar-refractivity contribution < 1.29 is 14.1 Å². The number of carbonyl (C=O) groups excluding carboxylic acids is 1. The van der Waals surface area contributed by atoms with Gasteiger partial charge in [0.1, 0.15) is 11.3 Å². The zero-order chi connectivity index (χ0) is 19.0. The van der Waals surface area contributed by atoms with Gasteiger partial charge in [-0.15, -0.1) is 0 Å². The number of nitro groups is 1. The summed E-state index contributed by atoms with van der Waals surface area (Å²) >= 11 is 7.38. The van der Waals surface area contributed by atoms with Crippen LogP contribution in [0, 0.1) is 10.1 Å². The van der Waals surface area contributed by atoms with Crippen LogP contribution in [0.25, 0.3) is 21.5 Å². The zero-order valence-electron chi connectivity index (χ0n) is 13.5. The van der Waals surface area contributed by atoms with Crippen molar-refractivity contribution in [2.45, 2.75) is 0 Å². The van der Waals surface area contributed by atoms with Gasteiger partial charge in [0.15, 0.2) is 10.9 Å². The molecule has 0 aliphatic carbocycles. The lowest BCUT2D eigenvalue weighted by molar-refractivity contribution is -0.384. The first kappa shape index (κ1) is 17.2. The minimum Gasteiger partial charge on any atom is -0.451 e. The number of carbonyl (C=O) groups is 1. The Balaban J connectivity index is 1.60. The van der Waals surface area contributed by atoms with Gasteiger partial charge in [0.05, 0.1) is 20.2 Å². The SMILES string of the molecule is O=C(Nc1nc2c(Cl)cccc2s1)c1ccc(-c2ccccc2[N+](=O)[O-])o1. The van der Waals surface area contributed by atoms with Crippen molar-refractivity contribution in [3.63, 3.8) is 0 Å². The topological polar surface area (TPSA) is 98.3 Å². The van der Waals surface area contributed by atoms with Gasteiger partial charge in [-0.3, -0.25) is 20.2 Å². The van der Waals surface area contributed by atoms with Crippen molar-refractivity contribution in [1.29, 1.82) is 0 Å². The summed E-state index contributed by atoms with van der Waals surface area (Å²) in [6, 6.07) is 14.5. The highest BCUT2D eigenvalue weighted by molar-refractivity contribution is 7.22. The van der Waals surface area contributed by atoms with Crippen LogP contribution >= 0.6 is 22.9 Å². The summed E-state index contributed by atoms with van der Waals surface area (Å²) in [6.45, 7) is 0. The lowest BCUT2D eigenvalue weighted by Gasteiger charge is -2.00. The van der Waals surface area contributed by atoms with Crippen LogP contribution in [0.15, 0.2) is 59.0 Å². The summed E-state index contributed by atoms with van der Waals surface area (Å²) in [5.41, 5.74) is 0.812. The molecule has 7 nitrogen and oxygen atoms in total. The number of para-hydroxylation sites is 2. The fourth-order valence-corrected chi connectivity index (χ4v) is 3.73. The number of fused-ring (bicyclic) bond motifs is 1. The number of aromatic nitrogens is 1. The first-order chi connectivity index (χ1) is 13.0. The van der Waals surface area contributed by atoms with Crippen LogP contribution in [0.2, 0.25) is 5.02 Å². The molecule has 1 amide bonds. The zero-order valence-corrected chi connectivity index (χ0v) is 15.1. The van der Waals surface area contributed by atoms with Crippen LogP contribution in [-0.2, 0) is 0 Å². The van der Waals surface area contributed by atoms with E-state index in [1.165, 1.54) is 29.5 Å². The molecule has 2 aromatic heterocycles. The fraction of sp³-hybridized carbons (Fsp3) is 0. The third kappa shape index (κ3) is 3.27. The number of thiazole rings is 1. The Hall–Kier alpha value is -3.23. The number of furan rings is 1. The smallest absolute Gasteiger partial charge is 0.293 e. The second-order valence-electron chi connectivity index (χ2n) is 5.50. The van der Waals surface area contributed by atoms with E-state index in [1.54, 1.807) is 30.3 Å². The minimum atomic E-state index is -0.505. The number of nitrogens with zero attached hydrogens (tertiary/aromatic N) is 2. The number of hydrogen-bond acceptors (Lipinski definition) is 6. The van der Waals surface area contributed by atoms with E-state index in [1.807, 2.05) is 6.07 Å². The number of rotatable bonds is 4. The molecule has 0 atom stereocenters. The Labute approximate surface area is 161 Å². The standard InChI is InChI=1S/C18H10ClN3O4S/c19-11-5-3-7-15-16(11)20-18(27-15)21-17(23)14-9-8-13(26-14)10-4-1-2-6-12(10)22(24)25/h1-9H,(H,20,21,23). The molecule has 1 N–H and O–H groups in total. The molecule has 0 saturated heterocycles. The number of amides is 1. The van der Waals surface area contributed by atoms with Gasteiger partial charge in [-0.05, 0) is 30.3 Å². The van der Waals surface area contributed by atoms with E-state index in [2.05, 4.69) is 10.3 Å². The molecule has 4 aromatic rings. The van der Waals surface area contributed by atoms with Gasteiger partial charge in [-0.2, -0.15) is 0 Å². The van der Waals surface area contributed by atoms with Gasteiger partial charge < -0.3 is 4.42 Å². The highest BCUT2D eigenvalue weighted by Gasteiger charge is 2.20. The number of hydrogen-bond donors (Lipinski definition) is 1. The molecule has 0 bridgehead atoms. The molecular formula is C18H10ClN3O4S. The average molecular weight is 400 g/mol. The van der Waals surface area contributed by atoms with Crippen LogP contribution in [0.3, 0.4) is 0 Å². The molecule has 27 heavy (non-hydrogen) atoms. The van der Waals surface area contributed by atoms with Crippen molar-refractivity contribution >= 4 is 49.9 Å². The third-order valence-electron chi connectivity index (χ3n) is 3.79. The van der Waals surface area contributed by atoms with Crippen LogP contribution in [0.5, 0.6) is 0 Å². The summed E-state index contributed by atoms with van der Waals surface area (Å²) < 4.78 is 6.37. The van der Waals surface area contributed by atoms with Crippen molar-refractivity contribution in [1.82, 2.24) is 4.98 Å². The van der Waals surface area contributed by atoms with Gasteiger partial charge in [-0.25, -0.2) is 4.98 Å². The normalized spacial score (nSPS) is 10.9. The van der Waals surface area contributed by atoms with Crippen molar-refractivity contribution in [2.75, 3.05) is 5.32 Å². The molecule has 4 rings (SSSR count). The van der Waals surface area contributed by atoms with E-state index in [-0.39, 0.29) is 17.2 Å². The Morgan fingerprint density at radius 2 is 1.96 bits per heavy atom. The minimum absolute atomic E-state index is 0.0218. The maximum Gasteiger partial charge on any atom is 0.293 e. The number of nitrogens with one attached hydrogen (secondary N) is 1. The van der Waals surface area contributed by atoms with Gasteiger partial charge in [-0.1, -0.05) is 41.1 Å². The molecule has 0 unspecified atom stereocenters. The molecule has 0 aliphatic heterocycles. The van der Waals surface area contributed by atoms with Crippen molar-refractivity contribution in [3.05, 3.63) is 75.5 Å². The van der Waals surface area contributed by atoms with Gasteiger partial charge in [0.2, 0.25) is 0 Å². The van der Waals surface area contributed by atoms with E-state index in [0.717, 1.165) is 4.70 Å². The van der Waals surface area contributed by atoms with E-state index >= 15 is 0 Å². The maximum atomic E-state index is 12.4. The molecule has 0 aliphatic rings. The van der Waals surface area contributed by atoms with E-state index < -0.39 is 10.8 Å². The number of anilines is 1. The molecule has 0 radical (unpaired) electrons. The van der Waals surface area contributed by atoms with Crippen LogP contribution in [0.4, 0.5) is 10.8 Å². The molecule has 2 heterocycles. The second kappa shape index (κ2) is 6.82. The summed E-state index contributed by atoms with van der Waals surface area (Å²) in [6.07, 6.45) is 0. The van der Waals surface area contributed by atoms with Crippen molar-refractivity contribution in [3.8, 4) is 11.3 Å². The second-order valence-corrected chi connectivity index (χ2v) is 6.94. The lowest BCUT2D eigenvalue weighted by atomic mass is 10.1. The molecule has 0 fully saturated rings. The van der Waals surface area contributed by atoms with Crippen LogP contribution < -0.4 is 5.32 Å². The number of halogens is 1. The molecular weight excluding hydrogens is 390 g/mol. The van der Waals surface area contributed by atoms with Gasteiger partial charge >= 0.3 is 0 Å². The first-order valence-electron chi connectivity index (χ1n) is 7.73. The predicted octanol–water partition coefficient (Wildman–Crippen LogP) is 5.37. The summed E-state index contributed by atoms with van der Waals surface area (Å²) in [4.78, 5) is 27.4. The predicted molar refractivity (Wildman–Crippen MR) is 103 cm³/mol. The third-order valence-corrected chi connectivity index (χ3v) is 5.03. The monoisotopic (exact) mass is 399 g/mol. The quantitative estimate of drug-likeness (QED) is 0.367. The number of nitro benzene ring substituents is 1. The molecule has 0 saturated carbocycles. The van der Waals surface area contributed by atoms with E-state index in [4.69, 9.17) is 16.0 Å². The first-order valence-corrected chi connectivity index (χ1v) is 8.92. The molecule has 9 heteroatoms. The van der Waals surface area contributed by atoms with Crippen LogP contribution in [-0.4, -0.2) is 15.8 Å². The maximum absolute atomic E-state index is 12.4. The van der Waals surface area contributed by atoms with Crippen LogP contribution in [0.1, 0.15) is 10.6 Å². The van der Waals surface area contributed by atoms with E-state index in [0.29, 0.717) is 21.2 Å². The Morgan fingerprint density at radius 3 is 2.74 bits per heavy atom. The lowest BCUT2D eigenvalue weighted by Crippen LogP contribution is -2.10. The molecule has 2 aromatic carbocycles. The highest BCUT2D eigenvalue weighted by Crippen LogP contribution is 2.33. The number of benzene rings is 2. The summed E-state index contributed by atoms with van der Waals surface area (Å²) in [5.74, 6) is -0.247. The van der Waals surface area contributed by atoms with Gasteiger partial charge in [0.25, 0.3) is 11.6 Å². The van der Waals surface area contributed by atoms with Gasteiger partial charge in [0, 0.05) is 6.07 Å².